The highest BCUT2D eigenvalue weighted by atomic mass is 16.4. The molecule has 0 heterocycles. The normalized spacial score (nSPS) is 10.9. The summed E-state index contributed by atoms with van der Waals surface area (Å²) in [7, 11) is 0. The van der Waals surface area contributed by atoms with E-state index in [0.717, 1.165) is 0 Å². The molecule has 0 aliphatic carbocycles. The maximum Gasteiger partial charge on any atom is 0.320 e. The Balaban J connectivity index is 0. The van der Waals surface area contributed by atoms with Gasteiger partial charge in [0, 0.05) is 6.54 Å². The number of hydrogen-bond acceptors (Lipinski definition) is 5. The van der Waals surface area contributed by atoms with Crippen molar-refractivity contribution in [3.63, 3.8) is 0 Å². The molecule has 1 unspecified atom stereocenters. The van der Waals surface area contributed by atoms with E-state index < -0.39 is 12.0 Å². The van der Waals surface area contributed by atoms with E-state index in [4.69, 9.17) is 32.5 Å². The molecule has 0 aromatic rings. The number of carboxylic acids is 1. The second-order valence-electron chi connectivity index (χ2n) is 2.84. The van der Waals surface area contributed by atoms with Gasteiger partial charge in [0.1, 0.15) is 6.04 Å². The Morgan fingerprint density at radius 2 is 1.75 bits per heavy atom. The monoisotopic (exact) mass is 236 g/mol. The second kappa shape index (κ2) is 11.7. The fourth-order valence-electron chi connectivity index (χ4n) is 0.643. The van der Waals surface area contributed by atoms with Crippen LogP contribution in [0.1, 0.15) is 12.8 Å². The number of hydrogen-bond donors (Lipinski definition) is 6. The molecule has 0 bridgehead atoms. The van der Waals surface area contributed by atoms with Crippen LogP contribution in [0, 0.1) is 0 Å². The fraction of sp³-hybridized carbons (Fsp3) is 0.750. The highest BCUT2D eigenvalue weighted by Crippen LogP contribution is 1.94. The molecule has 1 atom stereocenters. The summed E-state index contributed by atoms with van der Waals surface area (Å²) in [5, 5.41) is 23.6. The van der Waals surface area contributed by atoms with Crippen molar-refractivity contribution >= 4 is 11.9 Å². The molecule has 8 heteroatoms. The van der Waals surface area contributed by atoms with Gasteiger partial charge in [0.2, 0.25) is 0 Å². The van der Waals surface area contributed by atoms with Gasteiger partial charge in [0.05, 0.1) is 13.2 Å². The van der Waals surface area contributed by atoms with Crippen LogP contribution in [-0.2, 0) is 4.79 Å². The predicted molar refractivity (Wildman–Crippen MR) is 59.7 cm³/mol. The van der Waals surface area contributed by atoms with Crippen LogP contribution >= 0.6 is 0 Å². The molecule has 0 aliphatic heterocycles. The van der Waals surface area contributed by atoms with Gasteiger partial charge in [0.15, 0.2) is 5.96 Å². The molecule has 0 fully saturated rings. The van der Waals surface area contributed by atoms with E-state index in [1.807, 2.05) is 0 Å². The van der Waals surface area contributed by atoms with E-state index >= 15 is 0 Å². The average Bonchev–Trinajstić information content (AvgIpc) is 2.24. The molecule has 0 amide bonds. The smallest absolute Gasteiger partial charge is 0.320 e. The largest absolute Gasteiger partial charge is 0.480 e. The van der Waals surface area contributed by atoms with Crippen LogP contribution < -0.4 is 17.2 Å². The molecular weight excluding hydrogens is 216 g/mol. The zero-order chi connectivity index (χ0) is 13.0. The van der Waals surface area contributed by atoms with Gasteiger partial charge < -0.3 is 32.5 Å². The van der Waals surface area contributed by atoms with Crippen molar-refractivity contribution < 1.29 is 20.1 Å². The van der Waals surface area contributed by atoms with Crippen molar-refractivity contribution in [1.29, 1.82) is 0 Å². The minimum Gasteiger partial charge on any atom is -0.480 e. The van der Waals surface area contributed by atoms with Gasteiger partial charge in [-0.05, 0) is 12.8 Å². The first-order valence-corrected chi connectivity index (χ1v) is 4.71. The Labute approximate surface area is 93.8 Å². The molecule has 9 N–H and O–H groups in total. The van der Waals surface area contributed by atoms with Crippen LogP contribution in [-0.4, -0.2) is 53.0 Å². The number of aliphatic hydroxyl groups excluding tert-OH is 2. The first-order valence-electron chi connectivity index (χ1n) is 4.71. The van der Waals surface area contributed by atoms with E-state index in [1.165, 1.54) is 0 Å². The van der Waals surface area contributed by atoms with Crippen LogP contribution in [0.2, 0.25) is 0 Å². The highest BCUT2D eigenvalue weighted by Gasteiger charge is 2.09. The van der Waals surface area contributed by atoms with Gasteiger partial charge >= 0.3 is 5.97 Å². The maximum absolute atomic E-state index is 10.2. The van der Waals surface area contributed by atoms with Crippen molar-refractivity contribution in [2.24, 2.45) is 22.2 Å². The number of carboxylic acid groups (broad SMARTS) is 1. The van der Waals surface area contributed by atoms with Crippen molar-refractivity contribution in [1.82, 2.24) is 0 Å². The topological polar surface area (TPSA) is 168 Å². The summed E-state index contributed by atoms with van der Waals surface area (Å²) in [6.45, 7) is 0.170. The lowest BCUT2D eigenvalue weighted by Gasteiger charge is -2.03. The first kappa shape index (κ1) is 17.0. The highest BCUT2D eigenvalue weighted by molar-refractivity contribution is 5.75. The number of aliphatic hydroxyl groups is 2. The fourth-order valence-corrected chi connectivity index (χ4v) is 0.643. The lowest BCUT2D eigenvalue weighted by atomic mass is 10.2. The van der Waals surface area contributed by atoms with Crippen LogP contribution in [0.4, 0.5) is 0 Å². The van der Waals surface area contributed by atoms with E-state index in [9.17, 15) is 4.79 Å². The zero-order valence-electron chi connectivity index (χ0n) is 9.04. The molecule has 0 aliphatic rings. The lowest BCUT2D eigenvalue weighted by Crippen LogP contribution is -2.30. The third-order valence-electron chi connectivity index (χ3n) is 1.38. The molecule has 8 nitrogen and oxygen atoms in total. The minimum absolute atomic E-state index is 0.0129. The molecule has 0 aromatic carbocycles. The van der Waals surface area contributed by atoms with Gasteiger partial charge in [-0.25, -0.2) is 0 Å². The van der Waals surface area contributed by atoms with Crippen LogP contribution in [0.3, 0.4) is 0 Å². The molecular formula is C8H20N4O4. The van der Waals surface area contributed by atoms with Gasteiger partial charge in [-0.1, -0.05) is 0 Å². The third kappa shape index (κ3) is 15.1. The molecule has 16 heavy (non-hydrogen) atoms. The Bertz CT molecular complexity index is 204. The third-order valence-corrected chi connectivity index (χ3v) is 1.38. The van der Waals surface area contributed by atoms with Gasteiger partial charge in [-0.15, -0.1) is 0 Å². The molecule has 0 radical (unpaired) electrons. The molecule has 0 rings (SSSR count). The predicted octanol–water partition coefficient (Wildman–Crippen LogP) is -2.58. The van der Waals surface area contributed by atoms with E-state index in [-0.39, 0.29) is 19.2 Å². The van der Waals surface area contributed by atoms with Crippen LogP contribution in [0.5, 0.6) is 0 Å². The van der Waals surface area contributed by atoms with Crippen molar-refractivity contribution in [3.8, 4) is 0 Å². The summed E-state index contributed by atoms with van der Waals surface area (Å²) in [4.78, 5) is 13.9. The molecule has 0 spiro atoms. The number of aliphatic imine (C=N–C) groups is 1. The SMILES string of the molecule is NC(N)=NCCCC(N)C(=O)O.OCCO. The average molecular weight is 236 g/mol. The Morgan fingerprint density at radius 3 is 2.06 bits per heavy atom. The van der Waals surface area contributed by atoms with Crippen molar-refractivity contribution in [2.45, 2.75) is 18.9 Å². The minimum atomic E-state index is -1.00. The Kier molecular flexibility index (Phi) is 12.4. The second-order valence-corrected chi connectivity index (χ2v) is 2.84. The number of rotatable bonds is 6. The summed E-state index contributed by atoms with van der Waals surface area (Å²) in [5.41, 5.74) is 15.3. The number of carbonyl (C=O) groups is 1. The summed E-state index contributed by atoms with van der Waals surface area (Å²) in [5.74, 6) is -0.987. The van der Waals surface area contributed by atoms with E-state index in [1.54, 1.807) is 0 Å². The summed E-state index contributed by atoms with van der Waals surface area (Å²) < 4.78 is 0. The number of guanidine groups is 1. The zero-order valence-corrected chi connectivity index (χ0v) is 9.04. The number of aliphatic carboxylic acids is 1. The van der Waals surface area contributed by atoms with E-state index in [2.05, 4.69) is 4.99 Å². The van der Waals surface area contributed by atoms with Crippen LogP contribution in [0.15, 0.2) is 4.99 Å². The Morgan fingerprint density at radius 1 is 1.25 bits per heavy atom. The van der Waals surface area contributed by atoms with Gasteiger partial charge in [0.25, 0.3) is 0 Å². The first-order chi connectivity index (χ1) is 7.45. The van der Waals surface area contributed by atoms with Gasteiger partial charge in [-0.3, -0.25) is 9.79 Å². The molecule has 0 saturated carbocycles. The standard InChI is InChI=1S/C6H14N4O2.C2H6O2/c7-4(5(11)12)2-1-3-10-6(8)9;3-1-2-4/h4H,1-3,7H2,(H,11,12)(H4,8,9,10);3-4H,1-2H2. The Hall–Kier alpha value is -1.38. The lowest BCUT2D eigenvalue weighted by molar-refractivity contribution is -0.138. The van der Waals surface area contributed by atoms with Gasteiger partial charge in [-0.2, -0.15) is 0 Å². The summed E-state index contributed by atoms with van der Waals surface area (Å²) in [6, 6.07) is -0.820. The van der Waals surface area contributed by atoms with Crippen molar-refractivity contribution in [2.75, 3.05) is 19.8 Å². The quantitative estimate of drug-likeness (QED) is 0.167. The summed E-state index contributed by atoms with van der Waals surface area (Å²) in [6.07, 6.45) is 0.956. The molecule has 0 saturated heterocycles. The molecule has 96 valence electrons. The van der Waals surface area contributed by atoms with Crippen molar-refractivity contribution in [3.05, 3.63) is 0 Å². The summed E-state index contributed by atoms with van der Waals surface area (Å²) >= 11 is 0. The molecule has 0 aromatic heterocycles. The maximum atomic E-state index is 10.2. The number of nitrogens with two attached hydrogens (primary N) is 3. The van der Waals surface area contributed by atoms with Crippen LogP contribution in [0.25, 0.3) is 0 Å². The number of nitrogens with zero attached hydrogens (tertiary/aromatic N) is 1. The van der Waals surface area contributed by atoms with E-state index in [0.29, 0.717) is 19.4 Å².